The van der Waals surface area contributed by atoms with Gasteiger partial charge in [0.1, 0.15) is 11.1 Å². The summed E-state index contributed by atoms with van der Waals surface area (Å²) in [4.78, 5) is 61.2. The van der Waals surface area contributed by atoms with Gasteiger partial charge in [-0.15, -0.1) is 0 Å². The summed E-state index contributed by atoms with van der Waals surface area (Å²) in [7, 11) is 0. The first-order valence-corrected chi connectivity index (χ1v) is 9.30. The largest absolute Gasteiger partial charge is 0.449 e. The zero-order valence-corrected chi connectivity index (χ0v) is 15.8. The number of rotatable bonds is 5. The van der Waals surface area contributed by atoms with Crippen LogP contribution in [0.25, 0.3) is 0 Å². The van der Waals surface area contributed by atoms with E-state index in [2.05, 4.69) is 5.32 Å². The van der Waals surface area contributed by atoms with Crippen molar-refractivity contribution in [2.24, 2.45) is 0 Å². The fraction of sp³-hybridized carbons (Fsp3) is 0.238. The minimum atomic E-state index is -1.17. The van der Waals surface area contributed by atoms with Gasteiger partial charge in [-0.2, -0.15) is 0 Å². The Kier molecular flexibility index (Phi) is 4.65. The summed E-state index contributed by atoms with van der Waals surface area (Å²) in [6.07, 6.45) is 0.521. The summed E-state index contributed by atoms with van der Waals surface area (Å²) >= 11 is 0. The number of carbonyl (C=O) groups excluding carboxylic acids is 4. The van der Waals surface area contributed by atoms with Gasteiger partial charge in [0.05, 0.1) is 4.92 Å². The molecule has 0 radical (unpaired) electrons. The van der Waals surface area contributed by atoms with Crippen LogP contribution in [-0.4, -0.2) is 40.5 Å². The third-order valence-corrected chi connectivity index (χ3v) is 5.05. The lowest BCUT2D eigenvalue weighted by Crippen LogP contribution is -2.37. The van der Waals surface area contributed by atoms with Crippen molar-refractivity contribution in [3.63, 3.8) is 0 Å². The topological polar surface area (TPSA) is 133 Å². The third-order valence-electron chi connectivity index (χ3n) is 5.05. The molecule has 4 rings (SSSR count). The van der Waals surface area contributed by atoms with Gasteiger partial charge in [0.25, 0.3) is 11.6 Å². The van der Waals surface area contributed by atoms with Crippen LogP contribution in [0.1, 0.15) is 62.0 Å². The van der Waals surface area contributed by atoms with Crippen molar-refractivity contribution in [3.05, 3.63) is 74.3 Å². The molecule has 0 saturated heterocycles. The lowest BCUT2D eigenvalue weighted by atomic mass is 9.82. The Bertz CT molecular complexity index is 1130. The molecular formula is C21H16N2O7. The predicted octanol–water partition coefficient (Wildman–Crippen LogP) is 2.19. The Morgan fingerprint density at radius 3 is 2.30 bits per heavy atom. The van der Waals surface area contributed by atoms with E-state index in [-0.39, 0.29) is 22.7 Å². The van der Waals surface area contributed by atoms with E-state index >= 15 is 0 Å². The van der Waals surface area contributed by atoms with Crippen LogP contribution in [0, 0.1) is 10.1 Å². The van der Waals surface area contributed by atoms with E-state index in [9.17, 15) is 29.3 Å². The maximum Gasteiger partial charge on any atom is 0.345 e. The highest BCUT2D eigenvalue weighted by Gasteiger charge is 2.39. The molecule has 0 heterocycles. The van der Waals surface area contributed by atoms with Gasteiger partial charge in [-0.3, -0.25) is 24.5 Å². The van der Waals surface area contributed by atoms with E-state index < -0.39 is 51.3 Å². The number of benzene rings is 2. The predicted molar refractivity (Wildman–Crippen MR) is 102 cm³/mol. The molecular weight excluding hydrogens is 392 g/mol. The molecule has 1 saturated carbocycles. The van der Waals surface area contributed by atoms with Gasteiger partial charge in [-0.05, 0) is 31.9 Å². The maximum absolute atomic E-state index is 12.9. The first-order chi connectivity index (χ1) is 14.3. The number of nitrogens with one attached hydrogen (secondary N) is 1. The van der Waals surface area contributed by atoms with Gasteiger partial charge in [-0.25, -0.2) is 4.79 Å². The zero-order valence-electron chi connectivity index (χ0n) is 15.8. The average molecular weight is 408 g/mol. The Hall–Kier alpha value is -3.88. The van der Waals surface area contributed by atoms with Crippen molar-refractivity contribution in [1.29, 1.82) is 0 Å². The van der Waals surface area contributed by atoms with Crippen molar-refractivity contribution < 1.29 is 28.8 Å². The first-order valence-electron chi connectivity index (χ1n) is 9.30. The molecule has 30 heavy (non-hydrogen) atoms. The van der Waals surface area contributed by atoms with Crippen LogP contribution in [0.4, 0.5) is 5.69 Å². The Morgan fingerprint density at radius 2 is 1.70 bits per heavy atom. The van der Waals surface area contributed by atoms with Crippen LogP contribution in [0.15, 0.2) is 36.4 Å². The molecule has 0 unspecified atom stereocenters. The number of esters is 1. The molecule has 9 heteroatoms. The molecule has 0 aliphatic heterocycles. The second kappa shape index (κ2) is 7.18. The van der Waals surface area contributed by atoms with Crippen LogP contribution in [-0.2, 0) is 9.53 Å². The van der Waals surface area contributed by atoms with Crippen molar-refractivity contribution >= 4 is 29.1 Å². The van der Waals surface area contributed by atoms with Crippen molar-refractivity contribution in [2.75, 3.05) is 0 Å². The maximum atomic E-state index is 12.9. The van der Waals surface area contributed by atoms with Crippen molar-refractivity contribution in [3.8, 4) is 0 Å². The number of amides is 1. The molecule has 2 aliphatic rings. The summed E-state index contributed by atoms with van der Waals surface area (Å²) in [6.45, 7) is 1.35. The van der Waals surface area contributed by atoms with Gasteiger partial charge in [-0.1, -0.05) is 24.3 Å². The summed E-state index contributed by atoms with van der Waals surface area (Å²) in [5.74, 6) is -2.89. The van der Waals surface area contributed by atoms with Crippen LogP contribution in [0.3, 0.4) is 0 Å². The molecule has 152 valence electrons. The zero-order chi connectivity index (χ0) is 21.6. The lowest BCUT2D eigenvalue weighted by molar-refractivity contribution is -0.385. The first kappa shape index (κ1) is 19.4. The molecule has 2 aliphatic carbocycles. The van der Waals surface area contributed by atoms with Gasteiger partial charge in [0, 0.05) is 22.7 Å². The number of nitro groups is 1. The van der Waals surface area contributed by atoms with E-state index in [1.807, 2.05) is 0 Å². The summed E-state index contributed by atoms with van der Waals surface area (Å²) in [5.41, 5.74) is -1.73. The Labute approximate surface area is 170 Å². The number of hydrogen-bond donors (Lipinski definition) is 1. The highest BCUT2D eigenvalue weighted by molar-refractivity contribution is 6.30. The van der Waals surface area contributed by atoms with Crippen LogP contribution in [0.5, 0.6) is 0 Å². The van der Waals surface area contributed by atoms with Crippen LogP contribution < -0.4 is 5.32 Å². The molecule has 1 fully saturated rings. The number of fused-ring (bicyclic) bond motifs is 2. The molecule has 2 aromatic rings. The van der Waals surface area contributed by atoms with Gasteiger partial charge in [0.15, 0.2) is 11.9 Å². The molecule has 9 nitrogen and oxygen atoms in total. The number of ether oxygens (including phenoxy) is 1. The average Bonchev–Trinajstić information content (AvgIpc) is 3.54. The number of carbonyl (C=O) groups is 4. The minimum Gasteiger partial charge on any atom is -0.449 e. The molecule has 0 aromatic heterocycles. The monoisotopic (exact) mass is 408 g/mol. The molecule has 1 N–H and O–H groups in total. The summed E-state index contributed by atoms with van der Waals surface area (Å²) in [5, 5.41) is 14.5. The minimum absolute atomic E-state index is 0.0285. The highest BCUT2D eigenvalue weighted by Crippen LogP contribution is 2.35. The second-order valence-electron chi connectivity index (χ2n) is 7.18. The SMILES string of the molecule is C[C@@H](OC(=O)c1ccc2c(c1[N+](=O)[O-])C(=O)c1ccccc1C2=O)C(=O)NC1CC1. The van der Waals surface area contributed by atoms with E-state index in [4.69, 9.17) is 4.74 Å². The molecule has 0 bridgehead atoms. The number of nitro benzene ring substituents is 1. The van der Waals surface area contributed by atoms with Gasteiger partial charge in [0.2, 0.25) is 5.78 Å². The molecule has 2 aromatic carbocycles. The van der Waals surface area contributed by atoms with Crippen LogP contribution >= 0.6 is 0 Å². The molecule has 1 amide bonds. The van der Waals surface area contributed by atoms with Crippen LogP contribution in [0.2, 0.25) is 0 Å². The quantitative estimate of drug-likeness (QED) is 0.389. The van der Waals surface area contributed by atoms with E-state index in [0.29, 0.717) is 0 Å². The lowest BCUT2D eigenvalue weighted by Gasteiger charge is -2.19. The van der Waals surface area contributed by atoms with E-state index in [0.717, 1.165) is 18.9 Å². The fourth-order valence-corrected chi connectivity index (χ4v) is 3.35. The van der Waals surface area contributed by atoms with Crippen molar-refractivity contribution in [1.82, 2.24) is 5.32 Å². The Balaban J connectivity index is 1.73. The number of nitrogens with zero attached hydrogens (tertiary/aromatic N) is 1. The van der Waals surface area contributed by atoms with E-state index in [1.165, 1.54) is 25.1 Å². The van der Waals surface area contributed by atoms with E-state index in [1.54, 1.807) is 12.1 Å². The standard InChI is InChI=1S/C21H16N2O7/c1-10(20(26)22-11-6-7-11)30-21(27)15-9-8-14-16(17(15)23(28)29)19(25)13-5-3-2-4-12(13)18(14)24/h2-5,8-11H,6-7H2,1H3,(H,22,26)/t10-/m1/s1. The summed E-state index contributed by atoms with van der Waals surface area (Å²) < 4.78 is 5.09. The number of ketones is 2. The number of hydrogen-bond acceptors (Lipinski definition) is 7. The molecule has 1 atom stereocenters. The van der Waals surface area contributed by atoms with Crippen molar-refractivity contribution in [2.45, 2.75) is 31.9 Å². The fourth-order valence-electron chi connectivity index (χ4n) is 3.35. The molecule has 0 spiro atoms. The second-order valence-corrected chi connectivity index (χ2v) is 7.18. The normalized spacial score (nSPS) is 15.6. The highest BCUT2D eigenvalue weighted by atomic mass is 16.6. The van der Waals surface area contributed by atoms with Gasteiger partial charge < -0.3 is 10.1 Å². The van der Waals surface area contributed by atoms with Gasteiger partial charge >= 0.3 is 5.97 Å². The third kappa shape index (κ3) is 3.24. The Morgan fingerprint density at radius 1 is 1.07 bits per heavy atom. The smallest absolute Gasteiger partial charge is 0.345 e. The summed E-state index contributed by atoms with van der Waals surface area (Å²) in [6, 6.07) is 8.32.